The van der Waals surface area contributed by atoms with E-state index in [0.717, 1.165) is 12.5 Å². The second kappa shape index (κ2) is 9.34. The van der Waals surface area contributed by atoms with Crippen molar-refractivity contribution in [2.75, 3.05) is 0 Å². The van der Waals surface area contributed by atoms with Crippen LogP contribution >= 0.6 is 42.6 Å². The van der Waals surface area contributed by atoms with E-state index in [1.165, 1.54) is 0 Å². The molecule has 0 fully saturated rings. The second-order valence-corrected chi connectivity index (χ2v) is 37.2. The topological polar surface area (TPSA) is 44.8 Å². The van der Waals surface area contributed by atoms with Gasteiger partial charge < -0.3 is 0 Å². The van der Waals surface area contributed by atoms with Gasteiger partial charge in [0.25, 0.3) is 0 Å². The van der Waals surface area contributed by atoms with Crippen molar-refractivity contribution >= 4 is 108 Å². The van der Waals surface area contributed by atoms with Crippen LogP contribution in [0.25, 0.3) is 0 Å². The molecule has 3 unspecified atom stereocenters. The van der Waals surface area contributed by atoms with Crippen LogP contribution in [0.15, 0.2) is 36.5 Å². The Morgan fingerprint density at radius 1 is 0.739 bits per heavy atom. The summed E-state index contributed by atoms with van der Waals surface area (Å²) < 4.78 is 33.5. The molecular weight excluding hydrogens is 690 g/mol. The predicted octanol–water partition coefficient (Wildman–Crippen LogP) is 4.27. The molecule has 0 N–H and O–H groups in total. The SMILES string of the molecule is O=P([O][In]1[CH2]C=C[CH]1Cl)([O][In]1[CH2]C=C[CH]1Cl)[O][In]1[CH2]C=C[CH]1Cl. The van der Waals surface area contributed by atoms with E-state index in [9.17, 15) is 4.57 Å². The monoisotopic (exact) mass is 704 g/mol. The molecule has 0 aliphatic carbocycles. The molecular formula is C12H15Cl3In3O4P. The second-order valence-electron chi connectivity index (χ2n) is 5.70. The molecule has 3 rings (SSSR count). The molecule has 0 aromatic rings. The quantitative estimate of drug-likeness (QED) is 0.236. The van der Waals surface area contributed by atoms with Gasteiger partial charge in [-0.1, -0.05) is 0 Å². The first-order chi connectivity index (χ1) is 11.0. The summed E-state index contributed by atoms with van der Waals surface area (Å²) in [5.74, 6) is 0. The van der Waals surface area contributed by atoms with Crippen LogP contribution in [0.4, 0.5) is 0 Å². The molecule has 0 bridgehead atoms. The summed E-state index contributed by atoms with van der Waals surface area (Å²) >= 11 is 10.9. The Hall–Kier alpha value is 2.81. The molecule has 11 heteroatoms. The Labute approximate surface area is 176 Å². The van der Waals surface area contributed by atoms with E-state index in [1.807, 2.05) is 36.5 Å². The molecule has 3 aliphatic rings. The van der Waals surface area contributed by atoms with Crippen molar-refractivity contribution in [3.05, 3.63) is 36.5 Å². The van der Waals surface area contributed by atoms with Crippen molar-refractivity contribution in [3.8, 4) is 0 Å². The van der Waals surface area contributed by atoms with Crippen molar-refractivity contribution in [3.63, 3.8) is 0 Å². The Kier molecular flexibility index (Phi) is 8.34. The van der Waals surface area contributed by atoms with Crippen LogP contribution in [0.2, 0.25) is 12.5 Å². The normalized spacial score (nSPS) is 32.3. The Balaban J connectivity index is 1.70. The summed E-state index contributed by atoms with van der Waals surface area (Å²) in [5.41, 5.74) is 0. The molecule has 0 radical (unpaired) electrons. The average Bonchev–Trinajstić information content (AvgIpc) is 3.17. The number of alkyl halides is 3. The molecule has 0 aromatic carbocycles. The summed E-state index contributed by atoms with van der Waals surface area (Å²) in [5, 5.41) is 0. The summed E-state index contributed by atoms with van der Waals surface area (Å²) in [7, 11) is -3.57. The van der Waals surface area contributed by atoms with Crippen LogP contribution in [-0.4, -0.2) is 75.0 Å². The summed E-state index contributed by atoms with van der Waals surface area (Å²) in [6.07, 6.45) is 11.8. The third-order valence-electron chi connectivity index (χ3n) is 3.92. The Morgan fingerprint density at radius 3 is 1.26 bits per heavy atom. The van der Waals surface area contributed by atoms with E-state index in [1.54, 1.807) is 0 Å². The Morgan fingerprint density at radius 2 is 1.04 bits per heavy atom. The van der Waals surface area contributed by atoms with Gasteiger partial charge in [-0.15, -0.1) is 0 Å². The van der Waals surface area contributed by atoms with E-state index in [4.69, 9.17) is 42.7 Å². The zero-order chi connectivity index (χ0) is 16.4. The first kappa shape index (κ1) is 20.5. The number of hydrogen-bond donors (Lipinski definition) is 0. The first-order valence-corrected chi connectivity index (χ1v) is 27.0. The molecule has 122 valence electrons. The van der Waals surface area contributed by atoms with Gasteiger partial charge in [-0.25, -0.2) is 0 Å². The molecule has 23 heavy (non-hydrogen) atoms. The van der Waals surface area contributed by atoms with Crippen molar-refractivity contribution < 1.29 is 12.5 Å². The number of phosphoric acid groups is 1. The van der Waals surface area contributed by atoms with E-state index in [2.05, 4.69) is 0 Å². The number of rotatable bonds is 6. The average molecular weight is 705 g/mol. The van der Waals surface area contributed by atoms with Crippen LogP contribution in [0.5, 0.6) is 0 Å². The molecule has 0 spiro atoms. The molecule has 3 aliphatic heterocycles. The van der Waals surface area contributed by atoms with Gasteiger partial charge in [-0.2, -0.15) is 0 Å². The number of hydrogen-bond acceptors (Lipinski definition) is 4. The van der Waals surface area contributed by atoms with Gasteiger partial charge in [0, 0.05) is 0 Å². The molecule has 0 aromatic heterocycles. The van der Waals surface area contributed by atoms with Gasteiger partial charge in [-0.3, -0.25) is 0 Å². The third kappa shape index (κ3) is 5.65. The summed E-state index contributed by atoms with van der Waals surface area (Å²) in [4.78, 5) is 0. The first-order valence-electron chi connectivity index (χ1n) is 7.54. The van der Waals surface area contributed by atoms with E-state index < -0.39 is 73.4 Å². The maximum atomic E-state index is 13.3. The van der Waals surface area contributed by atoms with Crippen molar-refractivity contribution in [2.24, 2.45) is 0 Å². The van der Waals surface area contributed by atoms with Gasteiger partial charge in [0.15, 0.2) is 0 Å². The van der Waals surface area contributed by atoms with Crippen molar-refractivity contribution in [1.29, 1.82) is 0 Å². The number of halogens is 3. The van der Waals surface area contributed by atoms with Crippen LogP contribution in [-0.2, 0) is 12.5 Å². The van der Waals surface area contributed by atoms with Gasteiger partial charge in [0.1, 0.15) is 0 Å². The molecule has 0 amide bonds. The molecule has 4 nitrogen and oxygen atoms in total. The fraction of sp³-hybridized carbons (Fsp3) is 0.500. The zero-order valence-corrected chi connectivity index (χ0v) is 25.3. The fourth-order valence-corrected chi connectivity index (χ4v) is 42.5. The Bertz CT molecular complexity index is 500. The van der Waals surface area contributed by atoms with Crippen LogP contribution in [0.3, 0.4) is 0 Å². The zero-order valence-electron chi connectivity index (χ0n) is 12.3. The van der Waals surface area contributed by atoms with Crippen LogP contribution < -0.4 is 0 Å². The maximum absolute atomic E-state index is 13.3. The van der Waals surface area contributed by atoms with E-state index in [-0.39, 0.29) is 9.40 Å². The standard InChI is InChI=1S/3C4H5Cl.3In.H3O4P/c3*1-2-3-4-5;;;;1-5(2,3)4/h3*2-4H,1H2;;;;(H3,1,2,3,4)/q;;;3*+1;/p-3. The molecule has 0 saturated heterocycles. The summed E-state index contributed by atoms with van der Waals surface area (Å²) in [6, 6.07) is 0. The molecule has 3 atom stereocenters. The minimum atomic E-state index is -3.57. The van der Waals surface area contributed by atoms with Crippen LogP contribution in [0, 0.1) is 0 Å². The van der Waals surface area contributed by atoms with Crippen molar-refractivity contribution in [2.45, 2.75) is 21.9 Å². The van der Waals surface area contributed by atoms with Gasteiger partial charge in [-0.05, 0) is 0 Å². The fourth-order valence-electron chi connectivity index (χ4n) is 2.67. The minimum absolute atomic E-state index is 0.107. The third-order valence-corrected chi connectivity index (χ3v) is 39.5. The molecule has 0 saturated carbocycles. The van der Waals surface area contributed by atoms with Crippen LogP contribution in [0.1, 0.15) is 0 Å². The van der Waals surface area contributed by atoms with Gasteiger partial charge >= 0.3 is 179 Å². The number of allylic oxidation sites excluding steroid dienone is 6. The predicted molar refractivity (Wildman–Crippen MR) is 98.9 cm³/mol. The van der Waals surface area contributed by atoms with E-state index >= 15 is 0 Å². The van der Waals surface area contributed by atoms with Crippen molar-refractivity contribution in [1.82, 2.24) is 0 Å². The van der Waals surface area contributed by atoms with E-state index in [0.29, 0.717) is 0 Å². The molecule has 3 heterocycles. The van der Waals surface area contributed by atoms with Gasteiger partial charge in [0.05, 0.1) is 0 Å². The van der Waals surface area contributed by atoms with Gasteiger partial charge in [0.2, 0.25) is 0 Å². The summed E-state index contributed by atoms with van der Waals surface area (Å²) in [6.45, 7) is 0.